The summed E-state index contributed by atoms with van der Waals surface area (Å²) in [6.45, 7) is 2.93. The van der Waals surface area contributed by atoms with E-state index in [0.29, 0.717) is 25.3 Å². The third-order valence-corrected chi connectivity index (χ3v) is 4.05. The minimum Gasteiger partial charge on any atom is -0.398 e. The van der Waals surface area contributed by atoms with Gasteiger partial charge in [0.25, 0.3) is 0 Å². The van der Waals surface area contributed by atoms with Crippen molar-refractivity contribution in [2.45, 2.75) is 25.0 Å². The maximum absolute atomic E-state index is 10.5. The number of hydrogen-bond donors (Lipinski definition) is 3. The van der Waals surface area contributed by atoms with Gasteiger partial charge in [-0.2, -0.15) is 0 Å². The van der Waals surface area contributed by atoms with Gasteiger partial charge in [0.2, 0.25) is 0 Å². The molecule has 106 valence electrons. The highest BCUT2D eigenvalue weighted by Crippen LogP contribution is 2.29. The van der Waals surface area contributed by atoms with Crippen LogP contribution in [0.1, 0.15) is 13.3 Å². The van der Waals surface area contributed by atoms with Crippen LogP contribution in [0.4, 0.5) is 11.4 Å². The lowest BCUT2D eigenvalue weighted by Crippen LogP contribution is -2.43. The summed E-state index contributed by atoms with van der Waals surface area (Å²) >= 11 is 0. The zero-order valence-electron chi connectivity index (χ0n) is 11.5. The molecule has 0 saturated carbocycles. The Morgan fingerprint density at radius 2 is 2.35 bits per heavy atom. The zero-order chi connectivity index (χ0) is 14.2. The predicted octanol–water partition coefficient (Wildman–Crippen LogP) is 1.77. The maximum Gasteiger partial charge on any atom is 0.110 e. The molecule has 1 aromatic heterocycles. The van der Waals surface area contributed by atoms with E-state index in [0.717, 1.165) is 16.6 Å². The topological polar surface area (TPSA) is 80.4 Å². The second-order valence-corrected chi connectivity index (χ2v) is 5.32. The van der Waals surface area contributed by atoms with Gasteiger partial charge in [-0.1, -0.05) is 0 Å². The Morgan fingerprint density at radius 1 is 1.50 bits per heavy atom. The molecule has 0 aliphatic carbocycles. The molecule has 1 aromatic carbocycles. The number of aliphatic hydroxyl groups is 1. The van der Waals surface area contributed by atoms with Gasteiger partial charge in [0.05, 0.1) is 17.3 Å². The number of ether oxygens (including phenoxy) is 1. The molecule has 5 nitrogen and oxygen atoms in total. The number of hydrogen-bond acceptors (Lipinski definition) is 5. The fourth-order valence-electron chi connectivity index (χ4n) is 2.59. The summed E-state index contributed by atoms with van der Waals surface area (Å²) in [5.41, 5.74) is 7.53. The van der Waals surface area contributed by atoms with Gasteiger partial charge in [-0.05, 0) is 31.2 Å². The van der Waals surface area contributed by atoms with Crippen LogP contribution in [-0.2, 0) is 4.74 Å². The van der Waals surface area contributed by atoms with Crippen molar-refractivity contribution in [3.8, 4) is 0 Å². The van der Waals surface area contributed by atoms with Gasteiger partial charge in [0.1, 0.15) is 5.60 Å². The highest BCUT2D eigenvalue weighted by Gasteiger charge is 2.39. The summed E-state index contributed by atoms with van der Waals surface area (Å²) in [6, 6.07) is 7.56. The first-order valence-corrected chi connectivity index (χ1v) is 6.81. The van der Waals surface area contributed by atoms with E-state index in [2.05, 4.69) is 10.3 Å². The summed E-state index contributed by atoms with van der Waals surface area (Å²) in [5.74, 6) is 0. The summed E-state index contributed by atoms with van der Waals surface area (Å²) in [4.78, 5) is 4.37. The molecule has 2 heterocycles. The number of nitrogens with zero attached hydrogens (tertiary/aromatic N) is 1. The number of rotatable bonds is 3. The fraction of sp³-hybridized carbons (Fsp3) is 0.400. The number of benzene rings is 1. The number of nitrogen functional groups attached to an aromatic ring is 1. The average molecular weight is 273 g/mol. The smallest absolute Gasteiger partial charge is 0.110 e. The quantitative estimate of drug-likeness (QED) is 0.743. The summed E-state index contributed by atoms with van der Waals surface area (Å²) in [7, 11) is 0. The molecular weight excluding hydrogens is 254 g/mol. The lowest BCUT2D eigenvalue weighted by atomic mass is 9.96. The van der Waals surface area contributed by atoms with Crippen molar-refractivity contribution in [1.82, 2.24) is 4.98 Å². The number of nitrogens with one attached hydrogen (secondary N) is 1. The van der Waals surface area contributed by atoms with E-state index in [-0.39, 0.29) is 6.10 Å². The lowest BCUT2D eigenvalue weighted by molar-refractivity contribution is -0.0175. The van der Waals surface area contributed by atoms with Crippen LogP contribution < -0.4 is 11.1 Å². The van der Waals surface area contributed by atoms with Crippen molar-refractivity contribution in [2.75, 3.05) is 24.2 Å². The molecule has 1 aliphatic rings. The molecule has 0 bridgehead atoms. The van der Waals surface area contributed by atoms with Crippen molar-refractivity contribution < 1.29 is 9.84 Å². The van der Waals surface area contributed by atoms with Crippen molar-refractivity contribution >= 4 is 22.3 Å². The van der Waals surface area contributed by atoms with Gasteiger partial charge in [-0.3, -0.25) is 4.98 Å². The van der Waals surface area contributed by atoms with E-state index >= 15 is 0 Å². The minimum absolute atomic E-state index is 0.164. The van der Waals surface area contributed by atoms with E-state index in [4.69, 9.17) is 10.5 Å². The maximum atomic E-state index is 10.5. The van der Waals surface area contributed by atoms with E-state index in [1.165, 1.54) is 0 Å². The predicted molar refractivity (Wildman–Crippen MR) is 79.6 cm³/mol. The Morgan fingerprint density at radius 3 is 3.10 bits per heavy atom. The van der Waals surface area contributed by atoms with Crippen molar-refractivity contribution in [1.29, 1.82) is 0 Å². The van der Waals surface area contributed by atoms with Gasteiger partial charge >= 0.3 is 0 Å². The highest BCUT2D eigenvalue weighted by molar-refractivity contribution is 5.98. The van der Waals surface area contributed by atoms with Crippen LogP contribution in [0.25, 0.3) is 10.9 Å². The first-order valence-electron chi connectivity index (χ1n) is 6.81. The van der Waals surface area contributed by atoms with E-state index < -0.39 is 5.60 Å². The third kappa shape index (κ3) is 2.19. The van der Waals surface area contributed by atoms with Gasteiger partial charge in [0.15, 0.2) is 0 Å². The summed E-state index contributed by atoms with van der Waals surface area (Å²) in [6.07, 6.45) is 2.22. The largest absolute Gasteiger partial charge is 0.398 e. The van der Waals surface area contributed by atoms with Crippen LogP contribution >= 0.6 is 0 Å². The normalized spacial score (nSPS) is 26.0. The molecular formula is C15H19N3O2. The molecule has 5 heteroatoms. The van der Waals surface area contributed by atoms with Gasteiger partial charge < -0.3 is 20.9 Å². The average Bonchev–Trinajstić information content (AvgIpc) is 2.79. The van der Waals surface area contributed by atoms with Crippen LogP contribution in [-0.4, -0.2) is 34.9 Å². The standard InChI is InChI=1S/C15H19N3O2/c1-10-15(19,6-8-20-10)9-18-13-5-4-12(16)11-3-2-7-17-14(11)13/h2-5,7,10,18-19H,6,8-9,16H2,1H3. The summed E-state index contributed by atoms with van der Waals surface area (Å²) < 4.78 is 5.44. The van der Waals surface area contributed by atoms with E-state index in [9.17, 15) is 5.11 Å². The Balaban J connectivity index is 1.87. The molecule has 20 heavy (non-hydrogen) atoms. The summed E-state index contributed by atoms with van der Waals surface area (Å²) in [5, 5.41) is 14.7. The van der Waals surface area contributed by atoms with Crippen molar-refractivity contribution in [3.63, 3.8) is 0 Å². The molecule has 2 atom stereocenters. The van der Waals surface area contributed by atoms with Gasteiger partial charge in [-0.15, -0.1) is 0 Å². The zero-order valence-corrected chi connectivity index (χ0v) is 11.5. The molecule has 0 amide bonds. The Labute approximate surface area is 117 Å². The van der Waals surface area contributed by atoms with Gasteiger partial charge in [-0.25, -0.2) is 0 Å². The molecule has 0 spiro atoms. The van der Waals surface area contributed by atoms with Crippen LogP contribution in [0, 0.1) is 0 Å². The van der Waals surface area contributed by atoms with Gasteiger partial charge in [0, 0.05) is 36.8 Å². The Kier molecular flexibility index (Phi) is 3.23. The molecule has 1 saturated heterocycles. The van der Waals surface area contributed by atoms with Crippen LogP contribution in [0.15, 0.2) is 30.5 Å². The minimum atomic E-state index is -0.831. The van der Waals surface area contributed by atoms with Crippen LogP contribution in [0.5, 0.6) is 0 Å². The molecule has 1 fully saturated rings. The molecule has 2 aromatic rings. The van der Waals surface area contributed by atoms with Crippen molar-refractivity contribution in [2.24, 2.45) is 0 Å². The molecule has 0 radical (unpaired) electrons. The second kappa shape index (κ2) is 4.92. The Hall–Kier alpha value is -1.85. The number of fused-ring (bicyclic) bond motifs is 1. The molecule has 2 unspecified atom stereocenters. The Bertz CT molecular complexity index is 632. The molecule has 1 aliphatic heterocycles. The van der Waals surface area contributed by atoms with Crippen LogP contribution in [0.3, 0.4) is 0 Å². The second-order valence-electron chi connectivity index (χ2n) is 5.32. The van der Waals surface area contributed by atoms with Crippen molar-refractivity contribution in [3.05, 3.63) is 30.5 Å². The number of anilines is 2. The van der Waals surface area contributed by atoms with E-state index in [1.54, 1.807) is 6.20 Å². The SMILES string of the molecule is CC1OCCC1(O)CNc1ccc(N)c2cccnc12. The van der Waals surface area contributed by atoms with E-state index in [1.807, 2.05) is 31.2 Å². The van der Waals surface area contributed by atoms with Crippen LogP contribution in [0.2, 0.25) is 0 Å². The highest BCUT2D eigenvalue weighted by atomic mass is 16.5. The molecule has 4 N–H and O–H groups in total. The first-order chi connectivity index (χ1) is 9.60. The first kappa shape index (κ1) is 13.1. The lowest BCUT2D eigenvalue weighted by Gasteiger charge is -2.27. The molecule has 3 rings (SSSR count). The monoisotopic (exact) mass is 273 g/mol. The number of aromatic nitrogens is 1. The fourth-order valence-corrected chi connectivity index (χ4v) is 2.59. The number of pyridine rings is 1. The third-order valence-electron chi connectivity index (χ3n) is 4.05. The number of nitrogens with two attached hydrogens (primary N) is 1.